The average molecular weight is 385 g/mol. The van der Waals surface area contributed by atoms with Gasteiger partial charge in [-0.2, -0.15) is 0 Å². The molecule has 2 rings (SSSR count). The van der Waals surface area contributed by atoms with Gasteiger partial charge in [-0.3, -0.25) is 14.9 Å². The number of nitrogens with one attached hydrogen (secondary N) is 2. The lowest BCUT2D eigenvalue weighted by atomic mass is 10.2. The first kappa shape index (κ1) is 18.7. The van der Waals surface area contributed by atoms with Crippen molar-refractivity contribution in [1.29, 1.82) is 0 Å². The van der Waals surface area contributed by atoms with Gasteiger partial charge < -0.3 is 5.32 Å². The SMILES string of the molecule is CCCCNC(=O)CSc1nnc(NC(=O)c2ccccc2Cl)s1. The topological polar surface area (TPSA) is 84.0 Å². The lowest BCUT2D eigenvalue weighted by Gasteiger charge is -2.02. The first-order valence-corrected chi connectivity index (χ1v) is 9.57. The monoisotopic (exact) mass is 384 g/mol. The summed E-state index contributed by atoms with van der Waals surface area (Å²) < 4.78 is 0.620. The molecule has 24 heavy (non-hydrogen) atoms. The molecule has 0 atom stereocenters. The van der Waals surface area contributed by atoms with Crippen LogP contribution in [0.3, 0.4) is 0 Å². The third kappa shape index (κ3) is 5.77. The Hall–Kier alpha value is -1.64. The molecule has 2 aromatic rings. The number of anilines is 1. The summed E-state index contributed by atoms with van der Waals surface area (Å²) in [6, 6.07) is 6.77. The Bertz CT molecular complexity index is 708. The van der Waals surface area contributed by atoms with Crippen molar-refractivity contribution in [1.82, 2.24) is 15.5 Å². The molecule has 2 amide bonds. The van der Waals surface area contributed by atoms with Gasteiger partial charge in [-0.15, -0.1) is 10.2 Å². The molecule has 0 unspecified atom stereocenters. The van der Waals surface area contributed by atoms with Gasteiger partial charge in [-0.25, -0.2) is 0 Å². The number of hydrogen-bond acceptors (Lipinski definition) is 6. The second-order valence-electron chi connectivity index (χ2n) is 4.80. The van der Waals surface area contributed by atoms with E-state index < -0.39 is 0 Å². The van der Waals surface area contributed by atoms with Gasteiger partial charge in [0.15, 0.2) is 4.34 Å². The number of halogens is 1. The highest BCUT2D eigenvalue weighted by Crippen LogP contribution is 2.26. The number of amides is 2. The van der Waals surface area contributed by atoms with Crippen molar-refractivity contribution in [3.63, 3.8) is 0 Å². The molecular weight excluding hydrogens is 368 g/mol. The van der Waals surface area contributed by atoms with Crippen LogP contribution in [0.5, 0.6) is 0 Å². The fourth-order valence-electron chi connectivity index (χ4n) is 1.71. The number of carbonyl (C=O) groups is 2. The van der Waals surface area contributed by atoms with E-state index in [1.807, 2.05) is 0 Å². The van der Waals surface area contributed by atoms with Crippen LogP contribution in [0.2, 0.25) is 5.02 Å². The van der Waals surface area contributed by atoms with E-state index in [9.17, 15) is 9.59 Å². The minimum absolute atomic E-state index is 0.0368. The molecule has 128 valence electrons. The predicted octanol–water partition coefficient (Wildman–Crippen LogP) is 3.45. The number of thioether (sulfide) groups is 1. The van der Waals surface area contributed by atoms with Crippen molar-refractivity contribution < 1.29 is 9.59 Å². The highest BCUT2D eigenvalue weighted by molar-refractivity contribution is 8.01. The van der Waals surface area contributed by atoms with E-state index in [1.54, 1.807) is 24.3 Å². The molecule has 0 saturated carbocycles. The van der Waals surface area contributed by atoms with Gasteiger partial charge in [0.25, 0.3) is 5.91 Å². The maximum absolute atomic E-state index is 12.1. The zero-order valence-corrected chi connectivity index (χ0v) is 15.4. The summed E-state index contributed by atoms with van der Waals surface area (Å²) in [6.45, 7) is 2.76. The van der Waals surface area contributed by atoms with Crippen LogP contribution in [0.4, 0.5) is 5.13 Å². The van der Waals surface area contributed by atoms with Crippen molar-refractivity contribution in [2.75, 3.05) is 17.6 Å². The average Bonchev–Trinajstić information content (AvgIpc) is 3.01. The van der Waals surface area contributed by atoms with Crippen molar-refractivity contribution in [2.24, 2.45) is 0 Å². The van der Waals surface area contributed by atoms with E-state index in [2.05, 4.69) is 27.8 Å². The molecule has 0 bridgehead atoms. The molecule has 0 aliphatic heterocycles. The van der Waals surface area contributed by atoms with Gasteiger partial charge in [0.05, 0.1) is 16.3 Å². The van der Waals surface area contributed by atoms with Crippen molar-refractivity contribution in [3.05, 3.63) is 34.9 Å². The van der Waals surface area contributed by atoms with Crippen LogP contribution in [-0.4, -0.2) is 34.3 Å². The smallest absolute Gasteiger partial charge is 0.259 e. The van der Waals surface area contributed by atoms with Gasteiger partial charge in [0.2, 0.25) is 11.0 Å². The summed E-state index contributed by atoms with van der Waals surface area (Å²) in [5.74, 6) is -0.104. The third-order valence-corrected chi connectivity index (χ3v) is 5.23. The van der Waals surface area contributed by atoms with Crippen molar-refractivity contribution in [2.45, 2.75) is 24.1 Å². The summed E-state index contributed by atoms with van der Waals surface area (Å²) in [7, 11) is 0. The van der Waals surface area contributed by atoms with Crippen LogP contribution in [-0.2, 0) is 4.79 Å². The predicted molar refractivity (Wildman–Crippen MR) is 98.0 cm³/mol. The standard InChI is InChI=1S/C15H17ClN4O2S2/c1-2-3-8-17-12(21)9-23-15-20-19-14(24-15)18-13(22)10-6-4-5-7-11(10)16/h4-7H,2-3,8-9H2,1H3,(H,17,21)(H,18,19,22). The van der Waals surface area contributed by atoms with E-state index in [0.29, 0.717) is 26.6 Å². The molecule has 1 aromatic heterocycles. The van der Waals surface area contributed by atoms with Crippen LogP contribution in [0.15, 0.2) is 28.6 Å². The Morgan fingerprint density at radius 3 is 2.83 bits per heavy atom. The Kier molecular flexibility index (Phi) is 7.48. The van der Waals surface area contributed by atoms with E-state index in [1.165, 1.54) is 23.1 Å². The maximum atomic E-state index is 12.1. The molecule has 1 heterocycles. The van der Waals surface area contributed by atoms with Crippen molar-refractivity contribution >= 4 is 51.6 Å². The van der Waals surface area contributed by atoms with E-state index in [0.717, 1.165) is 12.8 Å². The van der Waals surface area contributed by atoms with Gasteiger partial charge in [-0.1, -0.05) is 60.2 Å². The van der Waals surface area contributed by atoms with Gasteiger partial charge in [0, 0.05) is 6.54 Å². The zero-order valence-electron chi connectivity index (χ0n) is 13.0. The first-order valence-electron chi connectivity index (χ1n) is 7.39. The molecule has 6 nitrogen and oxygen atoms in total. The van der Waals surface area contributed by atoms with Gasteiger partial charge in [0.1, 0.15) is 0 Å². The lowest BCUT2D eigenvalue weighted by molar-refractivity contribution is -0.118. The van der Waals surface area contributed by atoms with Gasteiger partial charge in [-0.05, 0) is 18.6 Å². The summed E-state index contributed by atoms with van der Waals surface area (Å²) in [4.78, 5) is 23.8. The molecule has 0 spiro atoms. The molecule has 9 heteroatoms. The Balaban J connectivity index is 1.84. The number of benzene rings is 1. The molecule has 0 radical (unpaired) electrons. The third-order valence-electron chi connectivity index (χ3n) is 2.92. The van der Waals surface area contributed by atoms with Gasteiger partial charge >= 0.3 is 0 Å². The van der Waals surface area contributed by atoms with E-state index >= 15 is 0 Å². The quantitative estimate of drug-likeness (QED) is 0.413. The summed E-state index contributed by atoms with van der Waals surface area (Å²) >= 11 is 8.49. The second-order valence-corrected chi connectivity index (χ2v) is 7.41. The Labute approximate surface area is 153 Å². The molecule has 1 aromatic carbocycles. The van der Waals surface area contributed by atoms with Crippen LogP contribution >= 0.6 is 34.7 Å². The highest BCUT2D eigenvalue weighted by atomic mass is 35.5. The van der Waals surface area contributed by atoms with Crippen LogP contribution in [0, 0.1) is 0 Å². The van der Waals surface area contributed by atoms with E-state index in [-0.39, 0.29) is 17.6 Å². The second kappa shape index (κ2) is 9.61. The number of nitrogens with zero attached hydrogens (tertiary/aromatic N) is 2. The largest absolute Gasteiger partial charge is 0.355 e. The summed E-state index contributed by atoms with van der Waals surface area (Å²) in [6.07, 6.45) is 2.01. The van der Waals surface area contributed by atoms with Crippen molar-refractivity contribution in [3.8, 4) is 0 Å². The lowest BCUT2D eigenvalue weighted by Crippen LogP contribution is -2.25. The summed E-state index contributed by atoms with van der Waals surface area (Å²) in [5.41, 5.74) is 0.374. The van der Waals surface area contributed by atoms with Crippen LogP contribution < -0.4 is 10.6 Å². The number of rotatable bonds is 8. The maximum Gasteiger partial charge on any atom is 0.259 e. The molecule has 0 fully saturated rings. The van der Waals surface area contributed by atoms with Crippen LogP contribution in [0.25, 0.3) is 0 Å². The highest BCUT2D eigenvalue weighted by Gasteiger charge is 2.13. The first-order chi connectivity index (χ1) is 11.6. The number of hydrogen-bond donors (Lipinski definition) is 2. The Morgan fingerprint density at radius 2 is 2.08 bits per heavy atom. The number of carbonyl (C=O) groups excluding carboxylic acids is 2. The minimum atomic E-state index is -0.342. The zero-order chi connectivity index (χ0) is 17.4. The number of unbranched alkanes of at least 4 members (excludes halogenated alkanes) is 1. The fourth-order valence-corrected chi connectivity index (χ4v) is 3.51. The molecule has 0 saturated heterocycles. The Morgan fingerprint density at radius 1 is 1.29 bits per heavy atom. The molecular formula is C15H17ClN4O2S2. The molecule has 2 N–H and O–H groups in total. The molecule has 0 aliphatic carbocycles. The van der Waals surface area contributed by atoms with E-state index in [4.69, 9.17) is 11.6 Å². The normalized spacial score (nSPS) is 10.4. The summed E-state index contributed by atoms with van der Waals surface area (Å²) in [5, 5.41) is 14.1. The fraction of sp³-hybridized carbons (Fsp3) is 0.333. The minimum Gasteiger partial charge on any atom is -0.355 e. The molecule has 0 aliphatic rings. The number of aromatic nitrogens is 2. The van der Waals surface area contributed by atoms with Crippen LogP contribution in [0.1, 0.15) is 30.1 Å².